The van der Waals surface area contributed by atoms with Crippen LogP contribution in [0.2, 0.25) is 0 Å². The average molecular weight is 295 g/mol. The normalized spacial score (nSPS) is 12.6. The molecule has 0 spiro atoms. The Balaban J connectivity index is 2.04. The van der Waals surface area contributed by atoms with E-state index in [9.17, 15) is 8.78 Å². The van der Waals surface area contributed by atoms with E-state index in [2.05, 4.69) is 9.98 Å². The van der Waals surface area contributed by atoms with E-state index in [-0.39, 0.29) is 5.56 Å². The molecule has 3 aromatic rings. The molecule has 4 rings (SSSR count). The average Bonchev–Trinajstić information content (AvgIpc) is 2.82. The van der Waals surface area contributed by atoms with Gasteiger partial charge in [-0.2, -0.15) is 0 Å². The van der Waals surface area contributed by atoms with Crippen LogP contribution in [-0.4, -0.2) is 15.8 Å². The van der Waals surface area contributed by atoms with Gasteiger partial charge in [0, 0.05) is 11.8 Å². The van der Waals surface area contributed by atoms with E-state index in [1.807, 2.05) is 24.3 Å². The van der Waals surface area contributed by atoms with Crippen LogP contribution in [0.15, 0.2) is 53.7 Å². The lowest BCUT2D eigenvalue weighted by Gasteiger charge is -2.13. The highest BCUT2D eigenvalue weighted by Crippen LogP contribution is 2.31. The zero-order valence-corrected chi connectivity index (χ0v) is 11.5. The van der Waals surface area contributed by atoms with Gasteiger partial charge in [0.1, 0.15) is 17.5 Å². The molecule has 0 atom stereocenters. The number of nitrogens with zero attached hydrogens (tertiary/aromatic N) is 3. The van der Waals surface area contributed by atoms with Gasteiger partial charge in [-0.25, -0.2) is 13.8 Å². The second-order valence-electron chi connectivity index (χ2n) is 5.02. The largest absolute Gasteiger partial charge is 0.294 e. The molecule has 0 N–H and O–H groups in total. The van der Waals surface area contributed by atoms with E-state index in [4.69, 9.17) is 0 Å². The monoisotopic (exact) mass is 295 g/mol. The zero-order chi connectivity index (χ0) is 15.1. The second-order valence-corrected chi connectivity index (χ2v) is 5.02. The van der Waals surface area contributed by atoms with E-state index in [0.29, 0.717) is 18.1 Å². The molecule has 1 aliphatic heterocycles. The van der Waals surface area contributed by atoms with E-state index in [1.54, 1.807) is 10.8 Å². The molecule has 0 aliphatic carbocycles. The van der Waals surface area contributed by atoms with Crippen molar-refractivity contribution < 1.29 is 8.78 Å². The summed E-state index contributed by atoms with van der Waals surface area (Å²) in [7, 11) is 0. The van der Waals surface area contributed by atoms with Gasteiger partial charge in [-0.15, -0.1) is 0 Å². The van der Waals surface area contributed by atoms with Crippen molar-refractivity contribution in [3.8, 4) is 16.9 Å². The van der Waals surface area contributed by atoms with E-state index in [0.717, 1.165) is 11.3 Å². The summed E-state index contributed by atoms with van der Waals surface area (Å²) < 4.78 is 30.1. The topological polar surface area (TPSA) is 30.2 Å². The Bertz CT molecular complexity index is 876. The third-order valence-electron chi connectivity index (χ3n) is 3.69. The van der Waals surface area contributed by atoms with Crippen LogP contribution >= 0.6 is 0 Å². The molecule has 5 heteroatoms. The number of imidazole rings is 1. The van der Waals surface area contributed by atoms with Gasteiger partial charge in [0.2, 0.25) is 0 Å². The number of aromatic nitrogens is 2. The van der Waals surface area contributed by atoms with Gasteiger partial charge >= 0.3 is 0 Å². The van der Waals surface area contributed by atoms with Gasteiger partial charge in [-0.05, 0) is 18.2 Å². The molecule has 3 nitrogen and oxygen atoms in total. The molecule has 22 heavy (non-hydrogen) atoms. The maximum atomic E-state index is 14.1. The summed E-state index contributed by atoms with van der Waals surface area (Å²) in [6.45, 7) is 0.366. The summed E-state index contributed by atoms with van der Waals surface area (Å²) in [4.78, 5) is 8.60. The Kier molecular flexibility index (Phi) is 2.85. The van der Waals surface area contributed by atoms with Crippen LogP contribution in [0.3, 0.4) is 0 Å². The minimum atomic E-state index is -0.606. The summed E-state index contributed by atoms with van der Waals surface area (Å²) in [5.74, 6) is -0.561. The lowest BCUT2D eigenvalue weighted by atomic mass is 10.1. The van der Waals surface area contributed by atoms with Gasteiger partial charge in [0.25, 0.3) is 0 Å². The van der Waals surface area contributed by atoms with Gasteiger partial charge < -0.3 is 0 Å². The van der Waals surface area contributed by atoms with Crippen LogP contribution in [0.1, 0.15) is 11.4 Å². The number of hydrogen-bond donors (Lipinski definition) is 0. The van der Waals surface area contributed by atoms with Crippen molar-refractivity contribution in [3.05, 3.63) is 71.7 Å². The highest BCUT2D eigenvalue weighted by molar-refractivity contribution is 5.86. The smallest absolute Gasteiger partial charge is 0.135 e. The number of fused-ring (bicyclic) bond motifs is 3. The predicted molar refractivity (Wildman–Crippen MR) is 80.2 cm³/mol. The van der Waals surface area contributed by atoms with Gasteiger partial charge in [-0.3, -0.25) is 9.56 Å². The predicted octanol–water partition coefficient (Wildman–Crippen LogP) is 3.75. The third kappa shape index (κ3) is 1.86. The summed E-state index contributed by atoms with van der Waals surface area (Å²) in [5.41, 5.74) is 2.02. The molecule has 1 aliphatic rings. The summed E-state index contributed by atoms with van der Waals surface area (Å²) in [6, 6.07) is 11.4. The number of rotatable bonds is 1. The molecule has 1 aromatic heterocycles. The number of para-hydroxylation sites is 1. The standard InChI is InChI=1S/C17H11F2N3/c18-12-5-3-6-13(19)17(12)15-9-21-16-10-20-8-11-4-1-2-7-14(11)22(15)16/h1-9H,10H2. The van der Waals surface area contributed by atoms with E-state index in [1.165, 1.54) is 24.4 Å². The van der Waals surface area contributed by atoms with Crippen molar-refractivity contribution in [1.82, 2.24) is 9.55 Å². The Morgan fingerprint density at radius 1 is 0.955 bits per heavy atom. The fourth-order valence-electron chi connectivity index (χ4n) is 2.72. The SMILES string of the molecule is Fc1cccc(F)c1-c1cnc2n1-c1ccccc1C=NC2. The fraction of sp³-hybridized carbons (Fsp3) is 0.0588. The number of aliphatic imine (C=N–C) groups is 1. The van der Waals surface area contributed by atoms with Crippen molar-refractivity contribution in [1.29, 1.82) is 0 Å². The van der Waals surface area contributed by atoms with Crippen LogP contribution in [-0.2, 0) is 6.54 Å². The molecule has 0 fully saturated rings. The first-order chi connectivity index (χ1) is 10.8. The first-order valence-electron chi connectivity index (χ1n) is 6.86. The van der Waals surface area contributed by atoms with Gasteiger partial charge in [-0.1, -0.05) is 24.3 Å². The second kappa shape index (κ2) is 4.87. The Morgan fingerprint density at radius 3 is 2.55 bits per heavy atom. The summed E-state index contributed by atoms with van der Waals surface area (Å²) in [6.07, 6.45) is 3.25. The first-order valence-corrected chi connectivity index (χ1v) is 6.86. The summed E-state index contributed by atoms with van der Waals surface area (Å²) >= 11 is 0. The number of benzene rings is 2. The quantitative estimate of drug-likeness (QED) is 0.672. The summed E-state index contributed by atoms with van der Waals surface area (Å²) in [5, 5.41) is 0. The van der Waals surface area contributed by atoms with Crippen LogP contribution < -0.4 is 0 Å². The van der Waals surface area contributed by atoms with E-state index >= 15 is 0 Å². The van der Waals surface area contributed by atoms with Crippen molar-refractivity contribution in [2.24, 2.45) is 4.99 Å². The molecule has 0 radical (unpaired) electrons. The zero-order valence-electron chi connectivity index (χ0n) is 11.5. The van der Waals surface area contributed by atoms with Crippen LogP contribution in [0, 0.1) is 11.6 Å². The van der Waals surface area contributed by atoms with Crippen LogP contribution in [0.5, 0.6) is 0 Å². The minimum absolute atomic E-state index is 0.0713. The molecule has 0 amide bonds. The van der Waals surface area contributed by atoms with Crippen molar-refractivity contribution in [2.45, 2.75) is 6.54 Å². The van der Waals surface area contributed by atoms with Crippen LogP contribution in [0.4, 0.5) is 8.78 Å². The highest BCUT2D eigenvalue weighted by Gasteiger charge is 2.21. The molecular formula is C17H11F2N3. The van der Waals surface area contributed by atoms with Crippen molar-refractivity contribution in [2.75, 3.05) is 0 Å². The lowest BCUT2D eigenvalue weighted by Crippen LogP contribution is -2.04. The minimum Gasteiger partial charge on any atom is -0.294 e. The highest BCUT2D eigenvalue weighted by atomic mass is 19.1. The fourth-order valence-corrected chi connectivity index (χ4v) is 2.72. The number of halogens is 2. The molecule has 0 saturated heterocycles. The maximum Gasteiger partial charge on any atom is 0.135 e. The van der Waals surface area contributed by atoms with Gasteiger partial charge in [0.15, 0.2) is 0 Å². The molecule has 0 unspecified atom stereocenters. The molecule has 0 saturated carbocycles. The maximum absolute atomic E-state index is 14.1. The van der Waals surface area contributed by atoms with E-state index < -0.39 is 11.6 Å². The number of hydrogen-bond acceptors (Lipinski definition) is 2. The first kappa shape index (κ1) is 12.9. The van der Waals surface area contributed by atoms with Crippen molar-refractivity contribution in [3.63, 3.8) is 0 Å². The molecule has 0 bridgehead atoms. The Hall–Kier alpha value is -2.82. The van der Waals surface area contributed by atoms with Crippen LogP contribution in [0.25, 0.3) is 16.9 Å². The lowest BCUT2D eigenvalue weighted by molar-refractivity contribution is 0.588. The third-order valence-corrected chi connectivity index (χ3v) is 3.69. The van der Waals surface area contributed by atoms with Crippen molar-refractivity contribution >= 4 is 6.21 Å². The molecule has 2 aromatic carbocycles. The Morgan fingerprint density at radius 2 is 1.73 bits per heavy atom. The van der Waals surface area contributed by atoms with Gasteiger partial charge in [0.05, 0.1) is 29.7 Å². The Labute approximate surface area is 125 Å². The molecule has 108 valence electrons. The molecule has 2 heterocycles. The molecular weight excluding hydrogens is 284 g/mol.